The fourth-order valence-electron chi connectivity index (χ4n) is 1.32. The van der Waals surface area contributed by atoms with E-state index in [2.05, 4.69) is 5.32 Å². The number of halogens is 2. The lowest BCUT2D eigenvalue weighted by Gasteiger charge is -2.08. The first-order valence-electron chi connectivity index (χ1n) is 5.55. The Hall–Kier alpha value is -1.52. The van der Waals surface area contributed by atoms with Gasteiger partial charge in [0.15, 0.2) is 0 Å². The van der Waals surface area contributed by atoms with Gasteiger partial charge in [-0.2, -0.15) is 0 Å². The first kappa shape index (κ1) is 15.5. The maximum absolute atomic E-state index is 11.7. The van der Waals surface area contributed by atoms with E-state index >= 15 is 0 Å². The topological polar surface area (TPSA) is 55.4 Å². The van der Waals surface area contributed by atoms with Crippen molar-refractivity contribution in [1.29, 1.82) is 0 Å². The van der Waals surface area contributed by atoms with Crippen LogP contribution in [0.4, 0.5) is 0 Å². The molecule has 0 bridgehead atoms. The lowest BCUT2D eigenvalue weighted by molar-refractivity contribution is -0.139. The zero-order chi connectivity index (χ0) is 14.4. The molecule has 6 heteroatoms. The molecule has 102 valence electrons. The lowest BCUT2D eigenvalue weighted by atomic mass is 10.2. The summed E-state index contributed by atoms with van der Waals surface area (Å²) in [6.45, 7) is 3.19. The standard InChI is InChI=1S/C13H13Cl2NO3/c1-3-19-13(18)12(16-8(2)17)6-9-4-5-10(14)7-11(9)15/h4-7H,3H2,1-2H3,(H,16,17)/b12-6+. The second kappa shape index (κ2) is 7.16. The summed E-state index contributed by atoms with van der Waals surface area (Å²) in [6.07, 6.45) is 1.44. The molecule has 0 fully saturated rings. The van der Waals surface area contributed by atoms with Crippen LogP contribution in [0.15, 0.2) is 23.9 Å². The number of ether oxygens (including phenoxy) is 1. The van der Waals surface area contributed by atoms with Crippen LogP contribution in [0.25, 0.3) is 6.08 Å². The van der Waals surface area contributed by atoms with Crippen LogP contribution < -0.4 is 5.32 Å². The third-order valence-corrected chi connectivity index (χ3v) is 2.63. The molecule has 1 rings (SSSR count). The Morgan fingerprint density at radius 2 is 2.05 bits per heavy atom. The van der Waals surface area contributed by atoms with E-state index in [0.29, 0.717) is 15.6 Å². The van der Waals surface area contributed by atoms with E-state index in [1.54, 1.807) is 25.1 Å². The first-order chi connectivity index (χ1) is 8.93. The van der Waals surface area contributed by atoms with Gasteiger partial charge in [-0.1, -0.05) is 29.3 Å². The quantitative estimate of drug-likeness (QED) is 0.687. The smallest absolute Gasteiger partial charge is 0.354 e. The molecule has 0 aliphatic rings. The molecule has 4 nitrogen and oxygen atoms in total. The predicted molar refractivity (Wildman–Crippen MR) is 74.9 cm³/mol. The van der Waals surface area contributed by atoms with Crippen LogP contribution in [-0.2, 0) is 14.3 Å². The number of carbonyl (C=O) groups is 2. The molecular formula is C13H13Cl2NO3. The number of esters is 1. The second-order valence-electron chi connectivity index (χ2n) is 3.63. The van der Waals surface area contributed by atoms with Crippen LogP contribution in [0.3, 0.4) is 0 Å². The Kier molecular flexibility index (Phi) is 5.86. The van der Waals surface area contributed by atoms with Crippen molar-refractivity contribution < 1.29 is 14.3 Å². The number of hydrogen-bond donors (Lipinski definition) is 1. The lowest BCUT2D eigenvalue weighted by Crippen LogP contribution is -2.26. The molecule has 0 aliphatic heterocycles. The molecule has 0 heterocycles. The molecule has 19 heavy (non-hydrogen) atoms. The second-order valence-corrected chi connectivity index (χ2v) is 4.47. The van der Waals surface area contributed by atoms with Crippen molar-refractivity contribution in [3.63, 3.8) is 0 Å². The molecular weight excluding hydrogens is 289 g/mol. The number of carbonyl (C=O) groups excluding carboxylic acids is 2. The maximum atomic E-state index is 11.7. The first-order valence-corrected chi connectivity index (χ1v) is 6.31. The van der Waals surface area contributed by atoms with Crippen LogP contribution in [-0.4, -0.2) is 18.5 Å². The number of nitrogens with one attached hydrogen (secondary N) is 1. The molecule has 0 saturated heterocycles. The Morgan fingerprint density at radius 1 is 1.37 bits per heavy atom. The number of rotatable bonds is 4. The van der Waals surface area contributed by atoms with E-state index in [0.717, 1.165) is 0 Å². The highest BCUT2D eigenvalue weighted by Gasteiger charge is 2.13. The fraction of sp³-hybridized carbons (Fsp3) is 0.231. The van der Waals surface area contributed by atoms with E-state index < -0.39 is 5.97 Å². The van der Waals surface area contributed by atoms with Crippen LogP contribution in [0.2, 0.25) is 10.0 Å². The summed E-state index contributed by atoms with van der Waals surface area (Å²) in [5, 5.41) is 3.27. The maximum Gasteiger partial charge on any atom is 0.354 e. The third-order valence-electron chi connectivity index (χ3n) is 2.07. The summed E-state index contributed by atoms with van der Waals surface area (Å²) >= 11 is 11.8. The Morgan fingerprint density at radius 3 is 2.58 bits per heavy atom. The minimum absolute atomic E-state index is 0.0265. The summed E-state index contributed by atoms with van der Waals surface area (Å²) in [6, 6.07) is 4.83. The molecule has 0 spiro atoms. The Labute approximate surface area is 121 Å². The van der Waals surface area contributed by atoms with E-state index in [9.17, 15) is 9.59 Å². The highest BCUT2D eigenvalue weighted by Crippen LogP contribution is 2.23. The third kappa shape index (κ3) is 4.93. The van der Waals surface area contributed by atoms with Crippen LogP contribution in [0, 0.1) is 0 Å². The summed E-state index contributed by atoms with van der Waals surface area (Å²) < 4.78 is 4.85. The van der Waals surface area contributed by atoms with Gasteiger partial charge in [-0.05, 0) is 30.7 Å². The van der Waals surface area contributed by atoms with Crippen LogP contribution >= 0.6 is 23.2 Å². The SMILES string of the molecule is CCOC(=O)/C(=C\c1ccc(Cl)cc1Cl)NC(C)=O. The van der Waals surface area contributed by atoms with Gasteiger partial charge in [0.05, 0.1) is 6.61 Å². The average Bonchev–Trinajstić information content (AvgIpc) is 2.31. The van der Waals surface area contributed by atoms with Gasteiger partial charge in [-0.25, -0.2) is 4.79 Å². The van der Waals surface area contributed by atoms with Crippen molar-refractivity contribution in [1.82, 2.24) is 5.32 Å². The monoisotopic (exact) mass is 301 g/mol. The van der Waals surface area contributed by atoms with Gasteiger partial charge < -0.3 is 10.1 Å². The van der Waals surface area contributed by atoms with Gasteiger partial charge in [0, 0.05) is 17.0 Å². The van der Waals surface area contributed by atoms with Crippen molar-refractivity contribution in [2.24, 2.45) is 0 Å². The van der Waals surface area contributed by atoms with E-state index in [1.165, 1.54) is 13.0 Å². The number of hydrogen-bond acceptors (Lipinski definition) is 3. The number of benzene rings is 1. The summed E-state index contributed by atoms with van der Waals surface area (Å²) in [4.78, 5) is 22.8. The van der Waals surface area contributed by atoms with Crippen molar-refractivity contribution >= 4 is 41.2 Å². The summed E-state index contributed by atoms with van der Waals surface area (Å²) in [5.74, 6) is -0.992. The molecule has 0 unspecified atom stereocenters. The van der Waals surface area contributed by atoms with Crippen molar-refractivity contribution in [3.8, 4) is 0 Å². The van der Waals surface area contributed by atoms with Gasteiger partial charge in [-0.15, -0.1) is 0 Å². The molecule has 0 radical (unpaired) electrons. The van der Waals surface area contributed by atoms with Crippen LogP contribution in [0.1, 0.15) is 19.4 Å². The Balaban J connectivity index is 3.11. The molecule has 1 amide bonds. The van der Waals surface area contributed by atoms with Gasteiger partial charge in [0.25, 0.3) is 0 Å². The fourth-order valence-corrected chi connectivity index (χ4v) is 1.78. The zero-order valence-corrected chi connectivity index (χ0v) is 12.0. The molecule has 0 aliphatic carbocycles. The number of amides is 1. The van der Waals surface area contributed by atoms with Crippen molar-refractivity contribution in [2.75, 3.05) is 6.61 Å². The molecule has 1 aromatic carbocycles. The zero-order valence-electron chi connectivity index (χ0n) is 10.5. The van der Waals surface area contributed by atoms with E-state index in [4.69, 9.17) is 27.9 Å². The van der Waals surface area contributed by atoms with Gasteiger partial charge in [0.2, 0.25) is 5.91 Å². The minimum Gasteiger partial charge on any atom is -0.461 e. The predicted octanol–water partition coefficient (Wildman–Crippen LogP) is 3.03. The van der Waals surface area contributed by atoms with Gasteiger partial charge in [-0.3, -0.25) is 4.79 Å². The van der Waals surface area contributed by atoms with E-state index in [-0.39, 0.29) is 18.2 Å². The van der Waals surface area contributed by atoms with Crippen LogP contribution in [0.5, 0.6) is 0 Å². The van der Waals surface area contributed by atoms with Gasteiger partial charge in [0.1, 0.15) is 5.70 Å². The highest BCUT2D eigenvalue weighted by molar-refractivity contribution is 6.35. The largest absolute Gasteiger partial charge is 0.461 e. The molecule has 0 aromatic heterocycles. The molecule has 1 aromatic rings. The molecule has 0 saturated carbocycles. The van der Waals surface area contributed by atoms with Crippen molar-refractivity contribution in [2.45, 2.75) is 13.8 Å². The highest BCUT2D eigenvalue weighted by atomic mass is 35.5. The minimum atomic E-state index is -0.622. The van der Waals surface area contributed by atoms with E-state index in [1.807, 2.05) is 0 Å². The Bertz CT molecular complexity index is 527. The molecule has 1 N–H and O–H groups in total. The van der Waals surface area contributed by atoms with Gasteiger partial charge >= 0.3 is 5.97 Å². The summed E-state index contributed by atoms with van der Waals surface area (Å²) in [7, 11) is 0. The van der Waals surface area contributed by atoms with Crippen molar-refractivity contribution in [3.05, 3.63) is 39.5 Å². The summed E-state index contributed by atoms with van der Waals surface area (Å²) in [5.41, 5.74) is 0.585. The average molecular weight is 302 g/mol. The normalized spacial score (nSPS) is 11.1. The molecule has 0 atom stereocenters.